The molecule has 6 nitrogen and oxygen atoms in total. The minimum Gasteiger partial charge on any atom is -0.349 e. The summed E-state index contributed by atoms with van der Waals surface area (Å²) >= 11 is 0. The van der Waals surface area contributed by atoms with E-state index in [1.54, 1.807) is 0 Å². The van der Waals surface area contributed by atoms with Crippen molar-refractivity contribution in [2.75, 3.05) is 20.1 Å². The number of aryl methyl sites for hydroxylation is 1. The number of carbonyl (C=O) groups is 1. The number of aromatic nitrogens is 3. The monoisotopic (exact) mass is 281 g/mol. The molecule has 114 valence electrons. The van der Waals surface area contributed by atoms with Crippen LogP contribution in [0.4, 0.5) is 0 Å². The predicted octanol–water partition coefficient (Wildman–Crippen LogP) is 1.61. The highest BCUT2D eigenvalue weighted by Crippen LogP contribution is 1.99. The maximum Gasteiger partial charge on any atom is 0.290 e. The van der Waals surface area contributed by atoms with Gasteiger partial charge in [-0.25, -0.2) is 4.98 Å². The van der Waals surface area contributed by atoms with Crippen LogP contribution in [0.1, 0.15) is 56.5 Å². The van der Waals surface area contributed by atoms with Gasteiger partial charge in [-0.15, -0.1) is 5.10 Å². The molecule has 1 amide bonds. The molecule has 20 heavy (non-hydrogen) atoms. The van der Waals surface area contributed by atoms with Gasteiger partial charge in [-0.05, 0) is 46.7 Å². The van der Waals surface area contributed by atoms with Crippen molar-refractivity contribution in [3.05, 3.63) is 11.6 Å². The number of amides is 1. The van der Waals surface area contributed by atoms with Gasteiger partial charge in [0.2, 0.25) is 5.82 Å². The summed E-state index contributed by atoms with van der Waals surface area (Å²) in [5.41, 5.74) is 0. The van der Waals surface area contributed by atoms with Crippen molar-refractivity contribution in [3.8, 4) is 0 Å². The molecule has 0 atom stereocenters. The summed E-state index contributed by atoms with van der Waals surface area (Å²) in [5, 5.41) is 9.57. The minimum absolute atomic E-state index is 0.194. The molecular weight excluding hydrogens is 254 g/mol. The Morgan fingerprint density at radius 2 is 2.15 bits per heavy atom. The fourth-order valence-corrected chi connectivity index (χ4v) is 1.77. The maximum atomic E-state index is 11.8. The van der Waals surface area contributed by atoms with Gasteiger partial charge in [0.15, 0.2) is 0 Å². The van der Waals surface area contributed by atoms with E-state index in [-0.39, 0.29) is 11.7 Å². The molecule has 0 radical (unpaired) electrons. The number of aromatic amines is 1. The van der Waals surface area contributed by atoms with Gasteiger partial charge in [-0.2, -0.15) is 0 Å². The van der Waals surface area contributed by atoms with Crippen molar-refractivity contribution < 1.29 is 4.79 Å². The molecule has 0 saturated carbocycles. The van der Waals surface area contributed by atoms with Crippen molar-refractivity contribution in [2.24, 2.45) is 0 Å². The molecule has 1 aromatic rings. The van der Waals surface area contributed by atoms with Crippen LogP contribution in [0.25, 0.3) is 0 Å². The quantitative estimate of drug-likeness (QED) is 0.674. The standard InChI is InChI=1S/C14H27N5O/c1-5-8-12-16-13(18-17-12)14(20)15-9-6-7-10-19(4)11(2)3/h11H,5-10H2,1-4H3,(H,15,20)(H,16,17,18). The zero-order valence-electron chi connectivity index (χ0n) is 13.1. The summed E-state index contributed by atoms with van der Waals surface area (Å²) in [4.78, 5) is 18.3. The van der Waals surface area contributed by atoms with Gasteiger partial charge in [-0.1, -0.05) is 6.92 Å². The Kier molecular flexibility index (Phi) is 7.22. The average Bonchev–Trinajstić information content (AvgIpc) is 2.87. The van der Waals surface area contributed by atoms with E-state index >= 15 is 0 Å². The fourth-order valence-electron chi connectivity index (χ4n) is 1.77. The van der Waals surface area contributed by atoms with Crippen LogP contribution >= 0.6 is 0 Å². The lowest BCUT2D eigenvalue weighted by atomic mass is 10.2. The van der Waals surface area contributed by atoms with Crippen LogP contribution in [0.5, 0.6) is 0 Å². The molecule has 0 aliphatic rings. The van der Waals surface area contributed by atoms with Crippen LogP contribution in [0.15, 0.2) is 0 Å². The highest BCUT2D eigenvalue weighted by atomic mass is 16.2. The van der Waals surface area contributed by atoms with E-state index in [1.807, 2.05) is 0 Å². The molecule has 0 aromatic carbocycles. The first-order valence-electron chi connectivity index (χ1n) is 7.44. The smallest absolute Gasteiger partial charge is 0.290 e. The third kappa shape index (κ3) is 5.69. The van der Waals surface area contributed by atoms with Gasteiger partial charge in [0, 0.05) is 19.0 Å². The third-order valence-corrected chi connectivity index (χ3v) is 3.33. The number of nitrogens with one attached hydrogen (secondary N) is 2. The van der Waals surface area contributed by atoms with E-state index in [0.717, 1.165) is 38.1 Å². The van der Waals surface area contributed by atoms with Crippen LogP contribution in [0.3, 0.4) is 0 Å². The summed E-state index contributed by atoms with van der Waals surface area (Å²) in [6, 6.07) is 0.565. The topological polar surface area (TPSA) is 73.9 Å². The van der Waals surface area contributed by atoms with E-state index in [2.05, 4.69) is 53.2 Å². The van der Waals surface area contributed by atoms with E-state index in [4.69, 9.17) is 0 Å². The van der Waals surface area contributed by atoms with Crippen molar-refractivity contribution in [1.82, 2.24) is 25.4 Å². The van der Waals surface area contributed by atoms with Gasteiger partial charge in [-0.3, -0.25) is 9.89 Å². The normalized spacial score (nSPS) is 11.3. The van der Waals surface area contributed by atoms with Crippen molar-refractivity contribution in [3.63, 3.8) is 0 Å². The first kappa shape index (κ1) is 16.6. The lowest BCUT2D eigenvalue weighted by Crippen LogP contribution is -2.29. The molecule has 1 rings (SSSR count). The third-order valence-electron chi connectivity index (χ3n) is 3.33. The van der Waals surface area contributed by atoms with Gasteiger partial charge in [0.1, 0.15) is 5.82 Å². The number of nitrogens with zero attached hydrogens (tertiary/aromatic N) is 3. The van der Waals surface area contributed by atoms with Crippen LogP contribution in [-0.2, 0) is 6.42 Å². The summed E-state index contributed by atoms with van der Waals surface area (Å²) < 4.78 is 0. The van der Waals surface area contributed by atoms with Crippen molar-refractivity contribution in [1.29, 1.82) is 0 Å². The molecule has 0 bridgehead atoms. The van der Waals surface area contributed by atoms with E-state index in [9.17, 15) is 4.79 Å². The SMILES string of the molecule is CCCc1nc(C(=O)NCCCCN(C)C(C)C)n[nH]1. The molecule has 2 N–H and O–H groups in total. The summed E-state index contributed by atoms with van der Waals surface area (Å²) in [6.45, 7) is 8.14. The van der Waals surface area contributed by atoms with Gasteiger partial charge in [0.25, 0.3) is 5.91 Å². The van der Waals surface area contributed by atoms with E-state index in [0.29, 0.717) is 12.6 Å². The van der Waals surface area contributed by atoms with Crippen LogP contribution < -0.4 is 5.32 Å². The molecule has 6 heteroatoms. The lowest BCUT2D eigenvalue weighted by molar-refractivity contribution is 0.0942. The van der Waals surface area contributed by atoms with Gasteiger partial charge in [0.05, 0.1) is 0 Å². The Morgan fingerprint density at radius 3 is 2.80 bits per heavy atom. The fraction of sp³-hybridized carbons (Fsp3) is 0.786. The Bertz CT molecular complexity index is 402. The van der Waals surface area contributed by atoms with E-state index in [1.165, 1.54) is 0 Å². The maximum absolute atomic E-state index is 11.8. The number of H-pyrrole nitrogens is 1. The minimum atomic E-state index is -0.194. The zero-order valence-corrected chi connectivity index (χ0v) is 13.1. The first-order valence-corrected chi connectivity index (χ1v) is 7.44. The van der Waals surface area contributed by atoms with Crippen LogP contribution in [0.2, 0.25) is 0 Å². The highest BCUT2D eigenvalue weighted by Gasteiger charge is 2.11. The molecule has 0 saturated heterocycles. The molecule has 0 fully saturated rings. The Morgan fingerprint density at radius 1 is 1.40 bits per heavy atom. The molecule has 1 aromatic heterocycles. The highest BCUT2D eigenvalue weighted by molar-refractivity contribution is 5.90. The number of unbranched alkanes of at least 4 members (excludes halogenated alkanes) is 1. The molecular formula is C14H27N5O. The Labute approximate surface area is 121 Å². The summed E-state index contributed by atoms with van der Waals surface area (Å²) in [5.74, 6) is 0.824. The second-order valence-corrected chi connectivity index (χ2v) is 5.39. The molecule has 0 unspecified atom stereocenters. The largest absolute Gasteiger partial charge is 0.349 e. The first-order chi connectivity index (χ1) is 9.54. The van der Waals surface area contributed by atoms with Gasteiger partial charge < -0.3 is 10.2 Å². The van der Waals surface area contributed by atoms with E-state index < -0.39 is 0 Å². The number of carbonyl (C=O) groups excluding carboxylic acids is 1. The summed E-state index contributed by atoms with van der Waals surface area (Å²) in [6.07, 6.45) is 3.85. The molecule has 1 heterocycles. The van der Waals surface area contributed by atoms with Crippen molar-refractivity contribution in [2.45, 2.75) is 52.5 Å². The Balaban J connectivity index is 2.19. The average molecular weight is 281 g/mol. The number of rotatable bonds is 9. The number of hydrogen-bond donors (Lipinski definition) is 2. The van der Waals surface area contributed by atoms with Gasteiger partial charge >= 0.3 is 0 Å². The van der Waals surface area contributed by atoms with Crippen LogP contribution in [-0.4, -0.2) is 52.2 Å². The van der Waals surface area contributed by atoms with Crippen LogP contribution in [0, 0.1) is 0 Å². The Hall–Kier alpha value is -1.43. The number of hydrogen-bond acceptors (Lipinski definition) is 4. The molecule has 0 aliphatic carbocycles. The van der Waals surface area contributed by atoms with Crippen molar-refractivity contribution >= 4 is 5.91 Å². The second-order valence-electron chi connectivity index (χ2n) is 5.39. The zero-order chi connectivity index (χ0) is 15.0. The molecule has 0 aliphatic heterocycles. The molecule has 0 spiro atoms. The lowest BCUT2D eigenvalue weighted by Gasteiger charge is -2.20. The second kappa shape index (κ2) is 8.68. The summed E-state index contributed by atoms with van der Waals surface area (Å²) in [7, 11) is 2.12. The predicted molar refractivity (Wildman–Crippen MR) is 79.7 cm³/mol.